The van der Waals surface area contributed by atoms with Gasteiger partial charge in [0.25, 0.3) is 0 Å². The second kappa shape index (κ2) is 6.97. The molecule has 1 N–H and O–H groups in total. The van der Waals surface area contributed by atoms with E-state index in [2.05, 4.69) is 46.8 Å². The predicted octanol–water partition coefficient (Wildman–Crippen LogP) is 2.18. The third-order valence-electron chi connectivity index (χ3n) is 2.99. The van der Waals surface area contributed by atoms with Gasteiger partial charge < -0.3 is 5.32 Å². The summed E-state index contributed by atoms with van der Waals surface area (Å²) in [6, 6.07) is 12.7. The molecule has 0 spiro atoms. The van der Waals surface area contributed by atoms with E-state index in [-0.39, 0.29) is 0 Å². The maximum atomic E-state index is 4.35. The topological polar surface area (TPSA) is 29.9 Å². The molecule has 0 aliphatic rings. The predicted molar refractivity (Wildman–Crippen MR) is 74.5 cm³/mol. The molecule has 0 unspecified atom stereocenters. The monoisotopic (exact) mass is 243 g/mol. The van der Waals surface area contributed by atoms with Gasteiger partial charge in [-0.2, -0.15) is 5.10 Å². The Balaban J connectivity index is 1.54. The molecule has 3 nitrogen and oxygen atoms in total. The first kappa shape index (κ1) is 12.8. The minimum Gasteiger partial charge on any atom is -0.316 e. The van der Waals surface area contributed by atoms with Crippen molar-refractivity contribution in [1.29, 1.82) is 0 Å². The summed E-state index contributed by atoms with van der Waals surface area (Å²) in [5.74, 6) is 0. The fourth-order valence-corrected chi connectivity index (χ4v) is 2.00. The third-order valence-corrected chi connectivity index (χ3v) is 2.99. The minimum absolute atomic E-state index is 1.01. The Labute approximate surface area is 109 Å². The zero-order valence-corrected chi connectivity index (χ0v) is 11.0. The molecule has 1 aromatic carbocycles. The van der Waals surface area contributed by atoms with E-state index in [9.17, 15) is 0 Å². The summed E-state index contributed by atoms with van der Waals surface area (Å²) in [5, 5.41) is 7.82. The van der Waals surface area contributed by atoms with Gasteiger partial charge in [0.05, 0.1) is 5.69 Å². The quantitative estimate of drug-likeness (QED) is 0.755. The summed E-state index contributed by atoms with van der Waals surface area (Å²) in [6.07, 6.45) is 5.33. The maximum absolute atomic E-state index is 4.35. The van der Waals surface area contributed by atoms with Crippen LogP contribution >= 0.6 is 0 Å². The van der Waals surface area contributed by atoms with Gasteiger partial charge in [-0.25, -0.2) is 0 Å². The molecule has 2 rings (SSSR count). The molecule has 96 valence electrons. The van der Waals surface area contributed by atoms with Crippen LogP contribution in [0.3, 0.4) is 0 Å². The van der Waals surface area contributed by atoms with Crippen molar-refractivity contribution >= 4 is 0 Å². The van der Waals surface area contributed by atoms with Crippen LogP contribution in [0.5, 0.6) is 0 Å². The van der Waals surface area contributed by atoms with Gasteiger partial charge in [0.15, 0.2) is 0 Å². The van der Waals surface area contributed by atoms with Crippen LogP contribution < -0.4 is 5.32 Å². The number of benzene rings is 1. The van der Waals surface area contributed by atoms with Crippen molar-refractivity contribution in [3.63, 3.8) is 0 Å². The Morgan fingerprint density at radius 2 is 1.89 bits per heavy atom. The van der Waals surface area contributed by atoms with Crippen molar-refractivity contribution in [3.8, 4) is 0 Å². The van der Waals surface area contributed by atoms with Gasteiger partial charge in [0, 0.05) is 26.2 Å². The molecule has 1 aromatic heterocycles. The highest BCUT2D eigenvalue weighted by atomic mass is 15.2. The number of aryl methyl sites for hydroxylation is 2. The standard InChI is InChI=1S/C15H21N3/c1-18-13-10-15(17-18)9-12-16-11-5-8-14-6-3-2-4-7-14/h2-4,6-7,10,13,16H,5,8-9,11-12H2,1H3. The lowest BCUT2D eigenvalue weighted by Gasteiger charge is -2.03. The van der Waals surface area contributed by atoms with E-state index in [0.29, 0.717) is 0 Å². The van der Waals surface area contributed by atoms with Crippen molar-refractivity contribution in [3.05, 3.63) is 53.9 Å². The van der Waals surface area contributed by atoms with Gasteiger partial charge >= 0.3 is 0 Å². The van der Waals surface area contributed by atoms with Crippen LogP contribution in [0.1, 0.15) is 17.7 Å². The maximum Gasteiger partial charge on any atom is 0.0637 e. The number of nitrogens with zero attached hydrogens (tertiary/aromatic N) is 2. The van der Waals surface area contributed by atoms with Crippen molar-refractivity contribution < 1.29 is 0 Å². The summed E-state index contributed by atoms with van der Waals surface area (Å²) in [7, 11) is 1.96. The lowest BCUT2D eigenvalue weighted by molar-refractivity contribution is 0.636. The zero-order valence-electron chi connectivity index (χ0n) is 11.0. The smallest absolute Gasteiger partial charge is 0.0637 e. The van der Waals surface area contributed by atoms with E-state index < -0.39 is 0 Å². The molecule has 0 atom stereocenters. The molecule has 0 bridgehead atoms. The molecule has 0 fully saturated rings. The van der Waals surface area contributed by atoms with Gasteiger partial charge in [0.2, 0.25) is 0 Å². The van der Waals surface area contributed by atoms with Crippen LogP contribution in [-0.4, -0.2) is 22.9 Å². The van der Waals surface area contributed by atoms with Crippen LogP contribution in [0, 0.1) is 0 Å². The number of hydrogen-bond acceptors (Lipinski definition) is 2. The van der Waals surface area contributed by atoms with E-state index in [0.717, 1.165) is 31.6 Å². The second-order valence-corrected chi connectivity index (χ2v) is 4.57. The molecule has 0 radical (unpaired) electrons. The molecular formula is C15H21N3. The summed E-state index contributed by atoms with van der Waals surface area (Å²) >= 11 is 0. The molecule has 0 saturated carbocycles. The first-order valence-electron chi connectivity index (χ1n) is 6.58. The van der Waals surface area contributed by atoms with Gasteiger partial charge in [-0.3, -0.25) is 4.68 Å². The normalized spacial score (nSPS) is 10.7. The first-order valence-corrected chi connectivity index (χ1v) is 6.58. The fraction of sp³-hybridized carbons (Fsp3) is 0.400. The Hall–Kier alpha value is -1.61. The van der Waals surface area contributed by atoms with Crippen molar-refractivity contribution in [2.75, 3.05) is 13.1 Å². The van der Waals surface area contributed by atoms with E-state index in [4.69, 9.17) is 0 Å². The van der Waals surface area contributed by atoms with Crippen LogP contribution in [0.4, 0.5) is 0 Å². The Morgan fingerprint density at radius 3 is 2.61 bits per heavy atom. The van der Waals surface area contributed by atoms with Crippen LogP contribution in [0.15, 0.2) is 42.6 Å². The van der Waals surface area contributed by atoms with E-state index >= 15 is 0 Å². The first-order chi connectivity index (χ1) is 8.84. The largest absolute Gasteiger partial charge is 0.316 e. The molecule has 1 heterocycles. The summed E-state index contributed by atoms with van der Waals surface area (Å²) in [4.78, 5) is 0. The average molecular weight is 243 g/mol. The SMILES string of the molecule is Cn1ccc(CCNCCCc2ccccc2)n1. The van der Waals surface area contributed by atoms with Gasteiger partial charge in [-0.1, -0.05) is 30.3 Å². The second-order valence-electron chi connectivity index (χ2n) is 4.57. The van der Waals surface area contributed by atoms with E-state index in [1.54, 1.807) is 0 Å². The third kappa shape index (κ3) is 4.34. The molecule has 0 saturated heterocycles. The van der Waals surface area contributed by atoms with Gasteiger partial charge in [-0.05, 0) is 31.0 Å². The highest BCUT2D eigenvalue weighted by Crippen LogP contribution is 2.01. The fourth-order valence-electron chi connectivity index (χ4n) is 2.00. The van der Waals surface area contributed by atoms with Crippen LogP contribution in [0.2, 0.25) is 0 Å². The summed E-state index contributed by atoms with van der Waals surface area (Å²) in [6.45, 7) is 2.08. The number of nitrogens with one attached hydrogen (secondary N) is 1. The molecule has 18 heavy (non-hydrogen) atoms. The van der Waals surface area contributed by atoms with Crippen molar-refractivity contribution in [2.45, 2.75) is 19.3 Å². The van der Waals surface area contributed by atoms with Gasteiger partial charge in [-0.15, -0.1) is 0 Å². The van der Waals surface area contributed by atoms with Gasteiger partial charge in [0.1, 0.15) is 0 Å². The summed E-state index contributed by atoms with van der Waals surface area (Å²) in [5.41, 5.74) is 2.58. The van der Waals surface area contributed by atoms with Crippen LogP contribution in [0.25, 0.3) is 0 Å². The Kier molecular flexibility index (Phi) is 4.97. The zero-order chi connectivity index (χ0) is 12.6. The highest BCUT2D eigenvalue weighted by molar-refractivity contribution is 5.14. The van der Waals surface area contributed by atoms with E-state index in [1.807, 2.05) is 17.9 Å². The Morgan fingerprint density at radius 1 is 1.06 bits per heavy atom. The summed E-state index contributed by atoms with van der Waals surface area (Å²) < 4.78 is 1.85. The number of aromatic nitrogens is 2. The molecule has 0 aliphatic carbocycles. The minimum atomic E-state index is 1.01. The Bertz CT molecular complexity index is 448. The number of rotatable bonds is 7. The average Bonchev–Trinajstić information content (AvgIpc) is 2.81. The number of hydrogen-bond donors (Lipinski definition) is 1. The highest BCUT2D eigenvalue weighted by Gasteiger charge is 1.96. The van der Waals surface area contributed by atoms with Crippen molar-refractivity contribution in [1.82, 2.24) is 15.1 Å². The van der Waals surface area contributed by atoms with Crippen LogP contribution in [-0.2, 0) is 19.9 Å². The lowest BCUT2D eigenvalue weighted by atomic mass is 10.1. The molecule has 0 amide bonds. The molecule has 2 aromatic rings. The van der Waals surface area contributed by atoms with E-state index in [1.165, 1.54) is 12.0 Å². The molecule has 0 aliphatic heterocycles. The molecule has 3 heteroatoms. The van der Waals surface area contributed by atoms with Crippen molar-refractivity contribution in [2.24, 2.45) is 7.05 Å². The lowest BCUT2D eigenvalue weighted by Crippen LogP contribution is -2.19. The molecular weight excluding hydrogens is 222 g/mol.